The summed E-state index contributed by atoms with van der Waals surface area (Å²) in [4.78, 5) is 4.89. The lowest BCUT2D eigenvalue weighted by Gasteiger charge is -2.39. The first-order valence-electron chi connectivity index (χ1n) is 3.99. The Morgan fingerprint density at radius 3 is 2.44 bits per heavy atom. The second-order valence-electron chi connectivity index (χ2n) is 2.52. The number of hydrogen-bond donors (Lipinski definition) is 2. The lowest BCUT2D eigenvalue weighted by Crippen LogP contribution is -2.48. The highest BCUT2D eigenvalue weighted by Gasteiger charge is 2.64. The maximum Gasteiger partial charge on any atom is 0.470 e. The van der Waals surface area contributed by atoms with Crippen molar-refractivity contribution in [2.45, 2.75) is 19.1 Å². The van der Waals surface area contributed by atoms with E-state index in [1.165, 1.54) is 6.92 Å². The molecule has 3 atom stereocenters. The highest BCUT2D eigenvalue weighted by Crippen LogP contribution is 2.59. The molecule has 3 unspecified atom stereocenters. The summed E-state index contributed by atoms with van der Waals surface area (Å²) in [5.74, 6) is 0. The minimum Gasteiger partial charge on any atom is -0.331 e. The van der Waals surface area contributed by atoms with Crippen LogP contribution in [0, 0.1) is 0 Å². The van der Waals surface area contributed by atoms with E-state index in [-0.39, 0.29) is 19.9 Å². The van der Waals surface area contributed by atoms with E-state index in [1.807, 2.05) is 0 Å². The Balaban J connectivity index is 2.81. The lowest BCUT2D eigenvalue weighted by atomic mass is 10.6. The molecule has 1 fully saturated rings. The number of alkyl halides is 5. The molecule has 12 heteroatoms. The molecular weight excluding hydrogens is 294 g/mol. The Morgan fingerprint density at radius 1 is 1.31 bits per heavy atom. The molecule has 0 saturated carbocycles. The summed E-state index contributed by atoms with van der Waals surface area (Å²) in [6.45, 7) is 1.60. The van der Waals surface area contributed by atoms with E-state index in [2.05, 4.69) is 9.72 Å². The zero-order valence-corrected chi connectivity index (χ0v) is 10.8. The second kappa shape index (κ2) is 5.61. The van der Waals surface area contributed by atoms with Gasteiger partial charge in [-0.3, -0.25) is 4.86 Å². The number of hydrogen-bond acceptors (Lipinski definition) is 4. The van der Waals surface area contributed by atoms with Crippen LogP contribution < -0.4 is 9.72 Å². The number of nitrogens with zero attached hydrogens (tertiary/aromatic N) is 1. The van der Waals surface area contributed by atoms with Crippen molar-refractivity contribution in [1.82, 2.24) is 14.2 Å². The van der Waals surface area contributed by atoms with Crippen LogP contribution in [-0.2, 0) is 4.52 Å². The molecule has 0 aliphatic carbocycles. The van der Waals surface area contributed by atoms with Crippen LogP contribution in [0.5, 0.6) is 0 Å². The molecule has 0 radical (unpaired) electrons. The van der Waals surface area contributed by atoms with E-state index in [4.69, 9.17) is 4.52 Å². The molecule has 1 rings (SSSR count). The molecule has 0 aromatic carbocycles. The molecule has 2 N–H and O–H groups in total. The van der Waals surface area contributed by atoms with Gasteiger partial charge in [-0.15, -0.1) is 4.44 Å². The fourth-order valence-electron chi connectivity index (χ4n) is 0.769. The predicted molar refractivity (Wildman–Crippen MR) is 54.3 cm³/mol. The monoisotopic (exact) mass is 303 g/mol. The third kappa shape index (κ3) is 3.16. The fraction of sp³-hybridized carbons (Fsp3) is 1.00. The number of rotatable bonds is 3. The first kappa shape index (κ1) is 14.8. The minimum absolute atomic E-state index is 0.0116. The summed E-state index contributed by atoms with van der Waals surface area (Å²) < 4.78 is 67.4. The second-order valence-corrected chi connectivity index (χ2v) is 6.91. The number of halogens is 5. The highest BCUT2D eigenvalue weighted by atomic mass is 31.2. The van der Waals surface area contributed by atoms with E-state index < -0.39 is 29.6 Å². The Hall–Kier alpha value is 0.780. The van der Waals surface area contributed by atoms with Crippen LogP contribution in [0.15, 0.2) is 0 Å². The van der Waals surface area contributed by atoms with E-state index in [0.717, 1.165) is 0 Å². The molecule has 1 aliphatic rings. The molecule has 0 aromatic heterocycles. The van der Waals surface area contributed by atoms with Crippen molar-refractivity contribution < 1.29 is 26.5 Å². The van der Waals surface area contributed by atoms with Crippen LogP contribution in [-0.4, -0.2) is 23.3 Å². The van der Waals surface area contributed by atoms with E-state index >= 15 is 0 Å². The van der Waals surface area contributed by atoms with Gasteiger partial charge in [0.25, 0.3) is 0 Å². The molecule has 0 amide bonds. The zero-order chi connectivity index (χ0) is 12.4. The van der Waals surface area contributed by atoms with Gasteiger partial charge in [0.05, 0.1) is 6.61 Å². The van der Waals surface area contributed by atoms with Gasteiger partial charge in [-0.25, -0.2) is 4.86 Å². The average molecular weight is 303 g/mol. The smallest absolute Gasteiger partial charge is 0.331 e. The maximum absolute atomic E-state index is 13.1. The average Bonchev–Trinajstić information content (AvgIpc) is 2.17. The minimum atomic E-state index is -5.61. The van der Waals surface area contributed by atoms with Gasteiger partial charge in [-0.2, -0.15) is 22.0 Å². The lowest BCUT2D eigenvalue weighted by molar-refractivity contribution is -0.308. The predicted octanol–water partition coefficient (Wildman–Crippen LogP) is 2.92. The van der Waals surface area contributed by atoms with Gasteiger partial charge >= 0.3 is 12.2 Å². The van der Waals surface area contributed by atoms with Gasteiger partial charge in [0, 0.05) is 17.8 Å². The molecule has 0 bridgehead atoms. The SMILES string of the molecule is CCOP1NPNPN1C(F)(F)C(F)(F)F. The van der Waals surface area contributed by atoms with E-state index in [9.17, 15) is 22.0 Å². The number of nitrogens with one attached hydrogen (secondary N) is 2. The summed E-state index contributed by atoms with van der Waals surface area (Å²) in [7, 11) is -3.02. The van der Waals surface area contributed by atoms with Gasteiger partial charge in [-0.1, -0.05) is 0 Å². The molecule has 1 aliphatic heterocycles. The van der Waals surface area contributed by atoms with Crippen molar-refractivity contribution in [3.63, 3.8) is 0 Å². The van der Waals surface area contributed by atoms with Crippen LogP contribution >= 0.6 is 26.2 Å². The van der Waals surface area contributed by atoms with E-state index in [0.29, 0.717) is 0 Å². The first-order valence-corrected chi connectivity index (χ1v) is 7.15. The van der Waals surface area contributed by atoms with Crippen molar-refractivity contribution in [2.24, 2.45) is 0 Å². The topological polar surface area (TPSA) is 36.5 Å². The van der Waals surface area contributed by atoms with Crippen LogP contribution in [0.3, 0.4) is 0 Å². The largest absolute Gasteiger partial charge is 0.470 e. The van der Waals surface area contributed by atoms with Crippen molar-refractivity contribution in [1.29, 1.82) is 0 Å². The Bertz CT molecular complexity index is 239. The summed E-state index contributed by atoms with van der Waals surface area (Å²) in [6, 6.07) is -4.89. The molecular formula is C4H9F5N3OP3. The van der Waals surface area contributed by atoms with Gasteiger partial charge in [0.1, 0.15) is 0 Å². The molecule has 4 nitrogen and oxygen atoms in total. The first-order chi connectivity index (χ1) is 7.30. The van der Waals surface area contributed by atoms with E-state index in [1.54, 1.807) is 0 Å². The highest BCUT2D eigenvalue weighted by molar-refractivity contribution is 7.70. The van der Waals surface area contributed by atoms with Crippen LogP contribution in [0.1, 0.15) is 6.92 Å². The van der Waals surface area contributed by atoms with Crippen molar-refractivity contribution in [3.05, 3.63) is 0 Å². The summed E-state index contributed by atoms with van der Waals surface area (Å²) >= 11 is 0. The van der Waals surface area contributed by atoms with Crippen LogP contribution in [0.4, 0.5) is 22.0 Å². The molecule has 1 saturated heterocycles. The third-order valence-electron chi connectivity index (χ3n) is 1.42. The van der Waals surface area contributed by atoms with Crippen molar-refractivity contribution in [3.8, 4) is 0 Å². The Kier molecular flexibility index (Phi) is 5.21. The molecule has 1 heterocycles. The maximum atomic E-state index is 13.1. The van der Waals surface area contributed by atoms with Gasteiger partial charge in [0.2, 0.25) is 0 Å². The summed E-state index contributed by atoms with van der Waals surface area (Å²) in [6.07, 6.45) is -5.61. The third-order valence-corrected chi connectivity index (χ3v) is 6.03. The summed E-state index contributed by atoms with van der Waals surface area (Å²) in [5, 5.41) is 0. The normalized spacial score (nSPS) is 27.8. The Labute approximate surface area is 93.4 Å². The van der Waals surface area contributed by atoms with Crippen LogP contribution in [0.2, 0.25) is 0 Å². The van der Waals surface area contributed by atoms with Gasteiger partial charge < -0.3 is 4.52 Å². The standard InChI is InChI=1S/C4H9F5N3OP3/c1-2-13-16-11-14-10-15-12(16)4(8,9)3(5,6)7/h10-11,14-15H,2H2,1H3. The molecule has 16 heavy (non-hydrogen) atoms. The zero-order valence-electron chi connectivity index (χ0n) is 7.90. The molecule has 0 aromatic rings. The van der Waals surface area contributed by atoms with Gasteiger partial charge in [-0.05, 0) is 6.92 Å². The Morgan fingerprint density at radius 2 is 1.94 bits per heavy atom. The van der Waals surface area contributed by atoms with Crippen LogP contribution in [0.25, 0.3) is 0 Å². The summed E-state index contributed by atoms with van der Waals surface area (Å²) in [5.41, 5.74) is 0. The quantitative estimate of drug-likeness (QED) is 0.477. The molecule has 0 spiro atoms. The van der Waals surface area contributed by atoms with Gasteiger partial charge in [0.15, 0.2) is 8.45 Å². The van der Waals surface area contributed by atoms with Crippen molar-refractivity contribution >= 4 is 26.2 Å². The van der Waals surface area contributed by atoms with Crippen molar-refractivity contribution in [2.75, 3.05) is 6.61 Å². The molecule has 96 valence electrons. The fourth-order valence-corrected chi connectivity index (χ4v) is 5.59.